The lowest BCUT2D eigenvalue weighted by atomic mass is 9.86. The zero-order chi connectivity index (χ0) is 15.0. The van der Waals surface area contributed by atoms with Gasteiger partial charge in [0.2, 0.25) is 5.91 Å². The molecule has 1 N–H and O–H groups in total. The van der Waals surface area contributed by atoms with Gasteiger partial charge in [-0.05, 0) is 18.8 Å². The molecule has 118 valence electrons. The maximum atomic E-state index is 12.3. The van der Waals surface area contributed by atoms with Gasteiger partial charge in [0.1, 0.15) is 6.54 Å². The Balaban J connectivity index is 2.29. The molecule has 0 radical (unpaired) electrons. The number of amides is 1. The minimum Gasteiger partial charge on any atom is -0.395 e. The highest BCUT2D eigenvalue weighted by atomic mass is 19.4. The molecule has 0 unspecified atom stereocenters. The summed E-state index contributed by atoms with van der Waals surface area (Å²) in [6.07, 6.45) is 3.38. The van der Waals surface area contributed by atoms with E-state index in [2.05, 4.69) is 0 Å². The van der Waals surface area contributed by atoms with Crippen molar-refractivity contribution in [3.05, 3.63) is 0 Å². The number of nitrogens with zero attached hydrogens (tertiary/aromatic N) is 1. The smallest absolute Gasteiger partial charge is 0.395 e. The average Bonchev–Trinajstić information content (AvgIpc) is 2.38. The minimum absolute atomic E-state index is 0.145. The Hall–Kier alpha value is -0.780. The molecule has 1 amide bonds. The molecule has 0 spiro atoms. The SMILES string of the molecule is O=C(CCCC1CCCCC1)N(CCO)CC(F)(F)F. The van der Waals surface area contributed by atoms with Crippen LogP contribution < -0.4 is 0 Å². The van der Waals surface area contributed by atoms with E-state index in [0.29, 0.717) is 17.2 Å². The van der Waals surface area contributed by atoms with E-state index in [-0.39, 0.29) is 13.0 Å². The van der Waals surface area contributed by atoms with Crippen molar-refractivity contribution in [2.75, 3.05) is 19.7 Å². The lowest BCUT2D eigenvalue weighted by Gasteiger charge is -2.24. The van der Waals surface area contributed by atoms with Crippen molar-refractivity contribution >= 4 is 5.91 Å². The Morgan fingerprint density at radius 1 is 1.20 bits per heavy atom. The van der Waals surface area contributed by atoms with Crippen LogP contribution in [0.5, 0.6) is 0 Å². The molecule has 0 bridgehead atoms. The van der Waals surface area contributed by atoms with Gasteiger partial charge < -0.3 is 10.0 Å². The Morgan fingerprint density at radius 2 is 1.85 bits per heavy atom. The van der Waals surface area contributed by atoms with Crippen LogP contribution in [-0.2, 0) is 4.79 Å². The van der Waals surface area contributed by atoms with E-state index < -0.39 is 25.2 Å². The van der Waals surface area contributed by atoms with Gasteiger partial charge in [0.15, 0.2) is 0 Å². The fourth-order valence-electron chi connectivity index (χ4n) is 2.80. The van der Waals surface area contributed by atoms with Gasteiger partial charge in [-0.2, -0.15) is 13.2 Å². The van der Waals surface area contributed by atoms with Crippen molar-refractivity contribution < 1.29 is 23.1 Å². The molecular formula is C14H24F3NO2. The van der Waals surface area contributed by atoms with Crippen LogP contribution in [0.4, 0.5) is 13.2 Å². The van der Waals surface area contributed by atoms with Gasteiger partial charge >= 0.3 is 6.18 Å². The maximum absolute atomic E-state index is 12.3. The molecule has 1 saturated carbocycles. The molecule has 6 heteroatoms. The number of aliphatic hydroxyl groups excluding tert-OH is 1. The zero-order valence-electron chi connectivity index (χ0n) is 11.8. The highest BCUT2D eigenvalue weighted by Gasteiger charge is 2.32. The van der Waals surface area contributed by atoms with Crippen LogP contribution >= 0.6 is 0 Å². The van der Waals surface area contributed by atoms with E-state index in [9.17, 15) is 18.0 Å². The van der Waals surface area contributed by atoms with Gasteiger partial charge in [0.25, 0.3) is 0 Å². The summed E-state index contributed by atoms with van der Waals surface area (Å²) in [6, 6.07) is 0. The van der Waals surface area contributed by atoms with Crippen LogP contribution in [0.1, 0.15) is 51.4 Å². The van der Waals surface area contributed by atoms with Gasteiger partial charge in [-0.25, -0.2) is 0 Å². The molecule has 20 heavy (non-hydrogen) atoms. The van der Waals surface area contributed by atoms with Crippen molar-refractivity contribution in [3.8, 4) is 0 Å². The number of halogens is 3. The first-order valence-corrected chi connectivity index (χ1v) is 7.38. The average molecular weight is 295 g/mol. The highest BCUT2D eigenvalue weighted by molar-refractivity contribution is 5.76. The Kier molecular flexibility index (Phi) is 7.34. The van der Waals surface area contributed by atoms with Gasteiger partial charge in [-0.3, -0.25) is 4.79 Å². The first-order chi connectivity index (χ1) is 9.42. The van der Waals surface area contributed by atoms with Crippen LogP contribution in [0.3, 0.4) is 0 Å². The lowest BCUT2D eigenvalue weighted by Crippen LogP contribution is -2.40. The zero-order valence-corrected chi connectivity index (χ0v) is 11.8. The second-order valence-electron chi connectivity index (χ2n) is 5.55. The van der Waals surface area contributed by atoms with E-state index in [4.69, 9.17) is 5.11 Å². The summed E-state index contributed by atoms with van der Waals surface area (Å²) in [4.78, 5) is 12.5. The number of alkyl halides is 3. The van der Waals surface area contributed by atoms with Crippen molar-refractivity contribution in [3.63, 3.8) is 0 Å². The summed E-state index contributed by atoms with van der Waals surface area (Å²) in [5.74, 6) is 0.123. The molecule has 0 heterocycles. The molecule has 0 atom stereocenters. The molecule has 0 saturated heterocycles. The van der Waals surface area contributed by atoms with E-state index >= 15 is 0 Å². The van der Waals surface area contributed by atoms with Crippen molar-refractivity contribution in [1.29, 1.82) is 0 Å². The summed E-state index contributed by atoms with van der Waals surface area (Å²) >= 11 is 0. The van der Waals surface area contributed by atoms with Gasteiger partial charge in [0.05, 0.1) is 6.61 Å². The van der Waals surface area contributed by atoms with Crippen molar-refractivity contribution in [2.24, 2.45) is 5.92 Å². The number of carbonyl (C=O) groups is 1. The summed E-state index contributed by atoms with van der Waals surface area (Å²) in [5.41, 5.74) is 0. The van der Waals surface area contributed by atoms with E-state index in [1.807, 2.05) is 0 Å². The second-order valence-corrected chi connectivity index (χ2v) is 5.55. The fraction of sp³-hybridized carbons (Fsp3) is 0.929. The van der Waals surface area contributed by atoms with Gasteiger partial charge in [0, 0.05) is 13.0 Å². The number of aliphatic hydroxyl groups is 1. The standard InChI is InChI=1S/C14H24F3NO2/c15-14(16,17)11-18(9-10-19)13(20)8-4-7-12-5-2-1-3-6-12/h12,19H,1-11H2. The number of rotatable bonds is 7. The van der Waals surface area contributed by atoms with E-state index in [1.54, 1.807) is 0 Å². The van der Waals surface area contributed by atoms with Crippen molar-refractivity contribution in [1.82, 2.24) is 4.90 Å². The predicted molar refractivity (Wildman–Crippen MR) is 70.1 cm³/mol. The quantitative estimate of drug-likeness (QED) is 0.784. The molecule has 0 aromatic heterocycles. The lowest BCUT2D eigenvalue weighted by molar-refractivity contribution is -0.162. The fourth-order valence-corrected chi connectivity index (χ4v) is 2.80. The molecule has 1 fully saturated rings. The molecule has 1 aliphatic carbocycles. The summed E-state index contributed by atoms with van der Waals surface area (Å²) < 4.78 is 37.0. The van der Waals surface area contributed by atoms with Crippen LogP contribution in [-0.4, -0.2) is 41.8 Å². The highest BCUT2D eigenvalue weighted by Crippen LogP contribution is 2.28. The normalized spacial score (nSPS) is 17.2. The molecule has 0 aliphatic heterocycles. The minimum atomic E-state index is -4.41. The Labute approximate surface area is 118 Å². The van der Waals surface area contributed by atoms with E-state index in [0.717, 1.165) is 6.42 Å². The van der Waals surface area contributed by atoms with E-state index in [1.165, 1.54) is 32.1 Å². The summed E-state index contributed by atoms with van der Waals surface area (Å²) in [5, 5.41) is 8.75. The molecular weight excluding hydrogens is 271 g/mol. The maximum Gasteiger partial charge on any atom is 0.406 e. The number of hydrogen-bond acceptors (Lipinski definition) is 2. The second kappa shape index (κ2) is 8.49. The topological polar surface area (TPSA) is 40.5 Å². The molecule has 3 nitrogen and oxygen atoms in total. The third-order valence-corrected chi connectivity index (χ3v) is 3.82. The third kappa shape index (κ3) is 7.12. The Morgan fingerprint density at radius 3 is 2.40 bits per heavy atom. The van der Waals surface area contributed by atoms with Crippen LogP contribution in [0.25, 0.3) is 0 Å². The van der Waals surface area contributed by atoms with Gasteiger partial charge in [-0.1, -0.05) is 32.1 Å². The predicted octanol–water partition coefficient (Wildman–Crippen LogP) is 3.12. The summed E-state index contributed by atoms with van der Waals surface area (Å²) in [7, 11) is 0. The first kappa shape index (κ1) is 17.3. The Bertz CT molecular complexity index is 289. The molecule has 1 aliphatic rings. The monoisotopic (exact) mass is 295 g/mol. The van der Waals surface area contributed by atoms with Gasteiger partial charge in [-0.15, -0.1) is 0 Å². The number of hydrogen-bond donors (Lipinski definition) is 1. The number of carbonyl (C=O) groups excluding carboxylic acids is 1. The van der Waals surface area contributed by atoms with Crippen molar-refractivity contribution in [2.45, 2.75) is 57.5 Å². The largest absolute Gasteiger partial charge is 0.406 e. The molecule has 0 aromatic rings. The summed E-state index contributed by atoms with van der Waals surface area (Å²) in [6.45, 7) is -1.96. The first-order valence-electron chi connectivity index (χ1n) is 7.38. The molecule has 1 rings (SSSR count). The third-order valence-electron chi connectivity index (χ3n) is 3.82. The van der Waals surface area contributed by atoms with Crippen LogP contribution in [0, 0.1) is 5.92 Å². The van der Waals surface area contributed by atoms with Crippen LogP contribution in [0.2, 0.25) is 0 Å². The molecule has 0 aromatic carbocycles. The van der Waals surface area contributed by atoms with Crippen LogP contribution in [0.15, 0.2) is 0 Å².